The van der Waals surface area contributed by atoms with Gasteiger partial charge in [-0.1, -0.05) is 20.8 Å². The van der Waals surface area contributed by atoms with Crippen molar-refractivity contribution in [3.63, 3.8) is 0 Å². The summed E-state index contributed by atoms with van der Waals surface area (Å²) in [5.41, 5.74) is 1.26. The summed E-state index contributed by atoms with van der Waals surface area (Å²) in [5.74, 6) is 4.11. The molecule has 0 N–H and O–H groups in total. The zero-order valence-electron chi connectivity index (χ0n) is 11.2. The highest BCUT2D eigenvalue weighted by molar-refractivity contribution is 5.20. The van der Waals surface area contributed by atoms with E-state index >= 15 is 0 Å². The first-order chi connectivity index (χ1) is 7.44. The van der Waals surface area contributed by atoms with Crippen molar-refractivity contribution >= 4 is 0 Å². The first-order valence-corrected chi connectivity index (χ1v) is 7.21. The van der Waals surface area contributed by atoms with Crippen LogP contribution in [0.1, 0.15) is 47.0 Å². The Morgan fingerprint density at radius 1 is 1.12 bits per heavy atom. The maximum Gasteiger partial charge on any atom is 0.0214 e. The smallest absolute Gasteiger partial charge is 0.0214 e. The van der Waals surface area contributed by atoms with Gasteiger partial charge in [-0.25, -0.2) is 0 Å². The maximum atomic E-state index is 2.89. The van der Waals surface area contributed by atoms with Crippen LogP contribution in [0.2, 0.25) is 0 Å². The van der Waals surface area contributed by atoms with Gasteiger partial charge >= 0.3 is 0 Å². The molecule has 1 heteroatoms. The molecule has 4 saturated carbocycles. The van der Waals surface area contributed by atoms with Crippen LogP contribution in [0.15, 0.2) is 0 Å². The van der Waals surface area contributed by atoms with Gasteiger partial charge in [0.15, 0.2) is 0 Å². The van der Waals surface area contributed by atoms with Crippen molar-refractivity contribution in [2.24, 2.45) is 29.1 Å². The van der Waals surface area contributed by atoms with Gasteiger partial charge < -0.3 is 0 Å². The van der Waals surface area contributed by atoms with Crippen molar-refractivity contribution < 1.29 is 0 Å². The molecule has 1 nitrogen and oxygen atoms in total. The van der Waals surface area contributed by atoms with Gasteiger partial charge in [0.2, 0.25) is 0 Å². The average molecular weight is 219 g/mol. The molecular formula is C15H25N. The summed E-state index contributed by atoms with van der Waals surface area (Å²) >= 11 is 0. The van der Waals surface area contributed by atoms with Gasteiger partial charge in [0, 0.05) is 18.1 Å². The van der Waals surface area contributed by atoms with Gasteiger partial charge in [0.25, 0.3) is 0 Å². The Kier molecular flexibility index (Phi) is 1.57. The van der Waals surface area contributed by atoms with E-state index in [1.807, 2.05) is 0 Å². The zero-order chi connectivity index (χ0) is 11.3. The molecule has 5 rings (SSSR count). The van der Waals surface area contributed by atoms with Crippen LogP contribution >= 0.6 is 0 Å². The lowest BCUT2D eigenvalue weighted by atomic mass is 9.42. The summed E-state index contributed by atoms with van der Waals surface area (Å²) in [7, 11) is 0. The fraction of sp³-hybridized carbons (Fsp3) is 1.00. The van der Waals surface area contributed by atoms with Crippen molar-refractivity contribution in [2.45, 2.75) is 58.5 Å². The summed E-state index contributed by atoms with van der Waals surface area (Å²) in [6, 6.07) is 0.968. The maximum absolute atomic E-state index is 2.89. The van der Waals surface area contributed by atoms with Gasteiger partial charge in [-0.15, -0.1) is 0 Å². The summed E-state index contributed by atoms with van der Waals surface area (Å²) in [5, 5.41) is 0. The van der Waals surface area contributed by atoms with Gasteiger partial charge in [-0.2, -0.15) is 0 Å². The van der Waals surface area contributed by atoms with Crippen LogP contribution in [-0.4, -0.2) is 23.0 Å². The summed E-state index contributed by atoms with van der Waals surface area (Å²) in [6.45, 7) is 11.4. The summed E-state index contributed by atoms with van der Waals surface area (Å²) in [6.07, 6.45) is 4.52. The van der Waals surface area contributed by atoms with Crippen LogP contribution in [0.3, 0.4) is 0 Å². The SMILES string of the molecule is CC1CC1(C)N1CC2CC3CC(C21)C3(C)C. The van der Waals surface area contributed by atoms with E-state index in [4.69, 9.17) is 0 Å². The highest BCUT2D eigenvalue weighted by Gasteiger charge is 2.67. The van der Waals surface area contributed by atoms with E-state index in [0.29, 0.717) is 11.0 Å². The highest BCUT2D eigenvalue weighted by Crippen LogP contribution is 2.67. The average Bonchev–Trinajstić information content (AvgIpc) is 2.76. The van der Waals surface area contributed by atoms with Crippen molar-refractivity contribution in [3.05, 3.63) is 0 Å². The molecule has 16 heavy (non-hydrogen) atoms. The van der Waals surface area contributed by atoms with E-state index in [9.17, 15) is 0 Å². The molecule has 0 spiro atoms. The molecule has 1 aliphatic heterocycles. The Balaban J connectivity index is 1.59. The lowest BCUT2D eigenvalue weighted by Gasteiger charge is -2.70. The molecule has 0 radical (unpaired) electrons. The molecule has 5 fully saturated rings. The number of likely N-dealkylation sites (tertiary alicyclic amines) is 1. The molecular weight excluding hydrogens is 194 g/mol. The lowest BCUT2D eigenvalue weighted by molar-refractivity contribution is -0.213. The monoisotopic (exact) mass is 219 g/mol. The van der Waals surface area contributed by atoms with E-state index in [0.717, 1.165) is 29.7 Å². The molecule has 0 aromatic rings. The van der Waals surface area contributed by atoms with E-state index in [-0.39, 0.29) is 0 Å². The second kappa shape index (κ2) is 2.53. The third-order valence-corrected chi connectivity index (χ3v) is 7.10. The van der Waals surface area contributed by atoms with Crippen LogP contribution in [0.4, 0.5) is 0 Å². The van der Waals surface area contributed by atoms with E-state index < -0.39 is 0 Å². The van der Waals surface area contributed by atoms with Gasteiger partial charge in [-0.05, 0) is 55.3 Å². The third kappa shape index (κ3) is 0.903. The summed E-state index contributed by atoms with van der Waals surface area (Å²) in [4.78, 5) is 2.89. The van der Waals surface area contributed by atoms with Crippen LogP contribution in [0.5, 0.6) is 0 Å². The molecule has 4 aliphatic carbocycles. The zero-order valence-corrected chi connectivity index (χ0v) is 11.2. The molecule has 2 bridgehead atoms. The fourth-order valence-electron chi connectivity index (χ4n) is 5.27. The Bertz CT molecular complexity index is 347. The van der Waals surface area contributed by atoms with E-state index in [2.05, 4.69) is 32.6 Å². The van der Waals surface area contributed by atoms with Crippen molar-refractivity contribution in [1.82, 2.24) is 4.90 Å². The van der Waals surface area contributed by atoms with Crippen molar-refractivity contribution in [3.8, 4) is 0 Å². The lowest BCUT2D eigenvalue weighted by Crippen LogP contribution is -2.73. The van der Waals surface area contributed by atoms with Crippen LogP contribution in [0, 0.1) is 29.1 Å². The largest absolute Gasteiger partial charge is 0.294 e. The second-order valence-electron chi connectivity index (χ2n) is 7.96. The quantitative estimate of drug-likeness (QED) is 0.655. The van der Waals surface area contributed by atoms with E-state index in [1.54, 1.807) is 0 Å². The van der Waals surface area contributed by atoms with Crippen molar-refractivity contribution in [1.29, 1.82) is 0 Å². The first-order valence-electron chi connectivity index (χ1n) is 7.21. The highest BCUT2D eigenvalue weighted by atomic mass is 15.3. The molecule has 0 aromatic heterocycles. The number of hydrogen-bond acceptors (Lipinski definition) is 1. The van der Waals surface area contributed by atoms with Crippen LogP contribution in [0.25, 0.3) is 0 Å². The predicted molar refractivity (Wildman–Crippen MR) is 66.2 cm³/mol. The molecule has 1 saturated heterocycles. The third-order valence-electron chi connectivity index (χ3n) is 7.10. The molecule has 90 valence electrons. The Hall–Kier alpha value is -0.0400. The molecule has 5 aliphatic rings. The van der Waals surface area contributed by atoms with Crippen LogP contribution < -0.4 is 0 Å². The molecule has 0 aromatic carbocycles. The molecule has 0 amide bonds. The van der Waals surface area contributed by atoms with Gasteiger partial charge in [0.05, 0.1) is 0 Å². The number of rotatable bonds is 1. The van der Waals surface area contributed by atoms with Crippen LogP contribution in [-0.2, 0) is 0 Å². The Morgan fingerprint density at radius 2 is 1.81 bits per heavy atom. The minimum absolute atomic E-state index is 0.597. The minimum atomic E-state index is 0.597. The van der Waals surface area contributed by atoms with E-state index in [1.165, 1.54) is 25.8 Å². The first kappa shape index (κ1) is 9.94. The fourth-order valence-corrected chi connectivity index (χ4v) is 5.27. The van der Waals surface area contributed by atoms with Gasteiger partial charge in [0.1, 0.15) is 0 Å². The number of nitrogens with zero attached hydrogens (tertiary/aromatic N) is 1. The normalized spacial score (nSPS) is 61.9. The molecule has 1 heterocycles. The topological polar surface area (TPSA) is 3.24 Å². The molecule has 6 atom stereocenters. The van der Waals surface area contributed by atoms with Crippen molar-refractivity contribution in [2.75, 3.05) is 6.54 Å². The standard InChI is InChI=1S/C15H25N/c1-9-7-15(9,4)16-8-10-5-11-6-12(13(10)16)14(11,2)3/h9-13H,5-8H2,1-4H3. The molecule has 6 unspecified atom stereocenters. The Labute approximate surface area is 99.6 Å². The predicted octanol–water partition coefficient (Wildman–Crippen LogP) is 3.15. The summed E-state index contributed by atoms with van der Waals surface area (Å²) < 4.78 is 0. The minimum Gasteiger partial charge on any atom is -0.294 e. The van der Waals surface area contributed by atoms with Gasteiger partial charge in [-0.3, -0.25) is 4.90 Å². The number of hydrogen-bond donors (Lipinski definition) is 0. The Morgan fingerprint density at radius 3 is 2.38 bits per heavy atom. The second-order valence-corrected chi connectivity index (χ2v) is 7.96.